The van der Waals surface area contributed by atoms with Crippen molar-refractivity contribution in [3.8, 4) is 11.1 Å². The maximum Gasteiger partial charge on any atom is 0.279 e. The van der Waals surface area contributed by atoms with Crippen LogP contribution in [0.3, 0.4) is 0 Å². The predicted octanol–water partition coefficient (Wildman–Crippen LogP) is 5.87. The highest BCUT2D eigenvalue weighted by molar-refractivity contribution is 8.12. The lowest BCUT2D eigenvalue weighted by molar-refractivity contribution is 0.260. The zero-order valence-electron chi connectivity index (χ0n) is 13.5. The normalized spacial score (nSPS) is 10.5. The van der Waals surface area contributed by atoms with E-state index in [0.717, 1.165) is 5.56 Å². The van der Waals surface area contributed by atoms with Crippen molar-refractivity contribution in [1.29, 1.82) is 0 Å². The molecule has 0 aliphatic heterocycles. The third-order valence-corrected chi connectivity index (χ3v) is 5.50. The quantitative estimate of drug-likeness (QED) is 0.622. The van der Waals surface area contributed by atoms with E-state index in [1.54, 1.807) is 11.3 Å². The molecule has 0 radical (unpaired) electrons. The Balaban J connectivity index is 1.60. The molecule has 1 aromatic heterocycles. The number of hydrogen-bond acceptors (Lipinski definition) is 3. The van der Waals surface area contributed by atoms with Gasteiger partial charge in [0, 0.05) is 10.6 Å². The molecule has 0 saturated carbocycles. The van der Waals surface area contributed by atoms with Gasteiger partial charge in [0.05, 0.1) is 6.54 Å². The van der Waals surface area contributed by atoms with Crippen molar-refractivity contribution < 1.29 is 4.79 Å². The van der Waals surface area contributed by atoms with Gasteiger partial charge in [0.1, 0.15) is 0 Å². The van der Waals surface area contributed by atoms with Crippen LogP contribution in [0.15, 0.2) is 66.0 Å². The Morgan fingerprint density at radius 3 is 2.67 bits per heavy atom. The summed E-state index contributed by atoms with van der Waals surface area (Å²) < 4.78 is 0. The summed E-state index contributed by atoms with van der Waals surface area (Å²) in [7, 11) is 0. The number of hydrogen-bond donors (Lipinski definition) is 1. The largest absolute Gasteiger partial charge is 0.342 e. The third kappa shape index (κ3) is 4.49. The topological polar surface area (TPSA) is 29.1 Å². The minimum Gasteiger partial charge on any atom is -0.342 e. The van der Waals surface area contributed by atoms with Gasteiger partial charge in [0.2, 0.25) is 0 Å². The zero-order chi connectivity index (χ0) is 16.8. The Morgan fingerprint density at radius 2 is 1.92 bits per heavy atom. The van der Waals surface area contributed by atoms with Crippen LogP contribution in [0.4, 0.5) is 4.79 Å². The lowest BCUT2D eigenvalue weighted by Crippen LogP contribution is -2.17. The number of thiophene rings is 1. The summed E-state index contributed by atoms with van der Waals surface area (Å²) >= 11 is 2.97. The molecule has 0 bridgehead atoms. The van der Waals surface area contributed by atoms with Crippen molar-refractivity contribution >= 4 is 28.3 Å². The molecule has 24 heavy (non-hydrogen) atoms. The molecule has 122 valence electrons. The van der Waals surface area contributed by atoms with Gasteiger partial charge in [-0.25, -0.2) is 0 Å². The number of carbonyl (C=O) groups excluding carboxylic acids is 1. The van der Waals surface area contributed by atoms with E-state index in [1.165, 1.54) is 33.3 Å². The SMILES string of the molecule is Cc1ccc(CSC(=O)NCc2cccs2)cc1-c1ccccc1. The van der Waals surface area contributed by atoms with Crippen molar-refractivity contribution in [2.45, 2.75) is 19.2 Å². The molecule has 0 aliphatic rings. The van der Waals surface area contributed by atoms with Crippen molar-refractivity contribution in [3.05, 3.63) is 82.0 Å². The average Bonchev–Trinajstić information content (AvgIpc) is 3.13. The Morgan fingerprint density at radius 1 is 1.08 bits per heavy atom. The highest BCUT2D eigenvalue weighted by Crippen LogP contribution is 2.26. The summed E-state index contributed by atoms with van der Waals surface area (Å²) in [5.41, 5.74) is 4.85. The molecule has 0 saturated heterocycles. The van der Waals surface area contributed by atoms with Crippen LogP contribution in [0.25, 0.3) is 11.1 Å². The molecule has 1 N–H and O–H groups in total. The Kier molecular flexibility index (Phi) is 5.72. The fourth-order valence-electron chi connectivity index (χ4n) is 2.46. The molecule has 0 spiro atoms. The number of thioether (sulfide) groups is 1. The molecule has 2 aromatic carbocycles. The molecule has 3 rings (SSSR count). The van der Waals surface area contributed by atoms with Gasteiger partial charge in [-0.1, -0.05) is 66.4 Å². The number of carbonyl (C=O) groups is 1. The van der Waals surface area contributed by atoms with E-state index < -0.39 is 0 Å². The standard InChI is InChI=1S/C20H19NOS2/c1-15-9-10-16(12-19(15)17-6-3-2-4-7-17)14-24-20(22)21-13-18-8-5-11-23-18/h2-12H,13-14H2,1H3,(H,21,22). The molecule has 0 aliphatic carbocycles. The van der Waals surface area contributed by atoms with Crippen LogP contribution >= 0.6 is 23.1 Å². The monoisotopic (exact) mass is 353 g/mol. The van der Waals surface area contributed by atoms with Gasteiger partial charge in [-0.2, -0.15) is 0 Å². The number of aryl methyl sites for hydroxylation is 1. The maximum absolute atomic E-state index is 12.0. The second-order valence-electron chi connectivity index (χ2n) is 5.52. The van der Waals surface area contributed by atoms with Gasteiger partial charge < -0.3 is 5.32 Å². The van der Waals surface area contributed by atoms with E-state index in [4.69, 9.17) is 0 Å². The number of rotatable bonds is 5. The van der Waals surface area contributed by atoms with Crippen molar-refractivity contribution in [1.82, 2.24) is 5.32 Å². The zero-order valence-corrected chi connectivity index (χ0v) is 15.1. The van der Waals surface area contributed by atoms with Gasteiger partial charge >= 0.3 is 0 Å². The van der Waals surface area contributed by atoms with Crippen LogP contribution in [0.5, 0.6) is 0 Å². The number of nitrogens with one attached hydrogen (secondary N) is 1. The van der Waals surface area contributed by atoms with Crippen LogP contribution in [0.2, 0.25) is 0 Å². The first-order valence-electron chi connectivity index (χ1n) is 7.80. The molecule has 1 amide bonds. The molecule has 2 nitrogen and oxygen atoms in total. The van der Waals surface area contributed by atoms with Crippen LogP contribution in [0, 0.1) is 6.92 Å². The summed E-state index contributed by atoms with van der Waals surface area (Å²) in [6.45, 7) is 2.72. The molecule has 1 heterocycles. The van der Waals surface area contributed by atoms with Crippen LogP contribution in [-0.4, -0.2) is 5.24 Å². The van der Waals surface area contributed by atoms with Gasteiger partial charge in [0.15, 0.2) is 0 Å². The summed E-state index contributed by atoms with van der Waals surface area (Å²) in [5.74, 6) is 0.677. The first kappa shape index (κ1) is 16.8. The Hall–Kier alpha value is -2.04. The van der Waals surface area contributed by atoms with Gasteiger partial charge in [-0.3, -0.25) is 4.79 Å². The van der Waals surface area contributed by atoms with E-state index in [9.17, 15) is 4.79 Å². The van der Waals surface area contributed by atoms with Crippen molar-refractivity contribution in [2.24, 2.45) is 0 Å². The summed E-state index contributed by atoms with van der Waals surface area (Å²) in [6, 6.07) is 20.8. The molecule has 0 unspecified atom stereocenters. The summed E-state index contributed by atoms with van der Waals surface area (Å²) in [4.78, 5) is 13.2. The first-order chi connectivity index (χ1) is 11.7. The first-order valence-corrected chi connectivity index (χ1v) is 9.67. The van der Waals surface area contributed by atoms with Crippen LogP contribution in [0.1, 0.15) is 16.0 Å². The highest BCUT2D eigenvalue weighted by atomic mass is 32.2. The van der Waals surface area contributed by atoms with Crippen LogP contribution < -0.4 is 5.32 Å². The third-order valence-electron chi connectivity index (χ3n) is 3.74. The van der Waals surface area contributed by atoms with E-state index in [2.05, 4.69) is 42.6 Å². The predicted molar refractivity (Wildman–Crippen MR) is 104 cm³/mol. The minimum absolute atomic E-state index is 0.0187. The van der Waals surface area contributed by atoms with Gasteiger partial charge in [0.25, 0.3) is 5.24 Å². The van der Waals surface area contributed by atoms with E-state index >= 15 is 0 Å². The number of amides is 1. The lowest BCUT2D eigenvalue weighted by Gasteiger charge is -2.09. The number of benzene rings is 2. The molecule has 3 aromatic rings. The Labute approximate surface area is 150 Å². The van der Waals surface area contributed by atoms with E-state index in [-0.39, 0.29) is 5.24 Å². The smallest absolute Gasteiger partial charge is 0.279 e. The van der Waals surface area contributed by atoms with Gasteiger partial charge in [-0.05, 0) is 40.6 Å². The van der Waals surface area contributed by atoms with Gasteiger partial charge in [-0.15, -0.1) is 11.3 Å². The van der Waals surface area contributed by atoms with E-state index in [0.29, 0.717) is 12.3 Å². The second-order valence-corrected chi connectivity index (χ2v) is 7.50. The molecular formula is C20H19NOS2. The molecule has 0 atom stereocenters. The van der Waals surface area contributed by atoms with Crippen LogP contribution in [-0.2, 0) is 12.3 Å². The fraction of sp³-hybridized carbons (Fsp3) is 0.150. The minimum atomic E-state index is 0.0187. The second kappa shape index (κ2) is 8.18. The summed E-state index contributed by atoms with van der Waals surface area (Å²) in [5, 5.41) is 4.99. The molecule has 4 heteroatoms. The molecule has 0 fully saturated rings. The van der Waals surface area contributed by atoms with Crippen molar-refractivity contribution in [2.75, 3.05) is 0 Å². The van der Waals surface area contributed by atoms with Crippen molar-refractivity contribution in [3.63, 3.8) is 0 Å². The Bertz CT molecular complexity index is 798. The fourth-order valence-corrected chi connectivity index (χ4v) is 3.76. The summed E-state index contributed by atoms with van der Waals surface area (Å²) in [6.07, 6.45) is 0. The average molecular weight is 354 g/mol. The molecular weight excluding hydrogens is 334 g/mol. The maximum atomic E-state index is 12.0. The highest BCUT2D eigenvalue weighted by Gasteiger charge is 2.07. The van der Waals surface area contributed by atoms with E-state index in [1.807, 2.05) is 35.7 Å². The lowest BCUT2D eigenvalue weighted by atomic mass is 9.99.